The highest BCUT2D eigenvalue weighted by atomic mass is 19.1. The molecule has 56 heavy (non-hydrogen) atoms. The van der Waals surface area contributed by atoms with Crippen LogP contribution in [0.2, 0.25) is 0 Å². The van der Waals surface area contributed by atoms with Gasteiger partial charge in [-0.1, -0.05) is 24.3 Å². The third-order valence-electron chi connectivity index (χ3n) is 9.85. The quantitative estimate of drug-likeness (QED) is 0.0659. The number of halogens is 4. The van der Waals surface area contributed by atoms with E-state index in [-0.39, 0.29) is 36.3 Å². The first-order valence-electron chi connectivity index (χ1n) is 18.2. The molecule has 2 aliphatic rings. The first-order valence-corrected chi connectivity index (χ1v) is 18.2. The number of nitrogens with two attached hydrogens (primary N) is 4. The minimum Gasteiger partial charge on any atom is -0.399 e. The lowest BCUT2D eigenvalue weighted by Gasteiger charge is -2.23. The summed E-state index contributed by atoms with van der Waals surface area (Å²) in [5.41, 5.74) is 29.1. The number of anilines is 4. The van der Waals surface area contributed by atoms with Gasteiger partial charge >= 0.3 is 0 Å². The Hall–Kier alpha value is -5.90. The molecular weight excluding hydrogens is 727 g/mol. The van der Waals surface area contributed by atoms with Gasteiger partial charge in [-0.25, -0.2) is 17.6 Å². The molecule has 0 aromatic heterocycles. The van der Waals surface area contributed by atoms with Crippen LogP contribution in [0.25, 0.3) is 0 Å². The summed E-state index contributed by atoms with van der Waals surface area (Å²) < 4.78 is 56.1. The minimum absolute atomic E-state index is 0.158. The molecule has 0 aliphatic carbocycles. The molecule has 2 heterocycles. The van der Waals surface area contributed by atoms with E-state index in [0.717, 1.165) is 36.4 Å². The second-order valence-electron chi connectivity index (χ2n) is 14.1. The summed E-state index contributed by atoms with van der Waals surface area (Å²) in [4.78, 5) is 32.9. The van der Waals surface area contributed by atoms with Gasteiger partial charge in [0.05, 0.1) is 36.3 Å². The molecule has 10 N–H and O–H groups in total. The number of hydrogen-bond acceptors (Lipinski definition) is 9. The molecule has 2 atom stereocenters. The smallest absolute Gasteiger partial charge is 0.253 e. The first kappa shape index (κ1) is 39.8. The average molecular weight is 772 g/mol. The van der Waals surface area contributed by atoms with Crippen LogP contribution in [-0.4, -0.2) is 72.8 Å². The van der Waals surface area contributed by atoms with Gasteiger partial charge in [-0.15, -0.1) is 0 Å². The molecule has 0 saturated heterocycles. The van der Waals surface area contributed by atoms with Crippen LogP contribution in [0.3, 0.4) is 0 Å². The maximum atomic E-state index is 14.0. The van der Waals surface area contributed by atoms with E-state index in [2.05, 4.69) is 15.5 Å². The summed E-state index contributed by atoms with van der Waals surface area (Å²) >= 11 is 0. The van der Waals surface area contributed by atoms with E-state index in [1.165, 1.54) is 0 Å². The lowest BCUT2D eigenvalue weighted by Crippen LogP contribution is -2.34. The Balaban J connectivity index is 1.05. The number of nitrogens with one attached hydrogen (secondary N) is 2. The summed E-state index contributed by atoms with van der Waals surface area (Å²) in [5, 5.41) is 6.06. The number of benzene rings is 4. The van der Waals surface area contributed by atoms with Gasteiger partial charge in [0.25, 0.3) is 11.8 Å². The number of rotatable bonds is 16. The fourth-order valence-electron chi connectivity index (χ4n) is 7.03. The van der Waals surface area contributed by atoms with E-state index < -0.39 is 35.4 Å². The van der Waals surface area contributed by atoms with Gasteiger partial charge in [0.15, 0.2) is 0 Å². The Kier molecular flexibility index (Phi) is 12.3. The summed E-state index contributed by atoms with van der Waals surface area (Å²) in [5.74, 6) is -3.60. The van der Waals surface area contributed by atoms with Crippen molar-refractivity contribution in [3.8, 4) is 0 Å². The van der Waals surface area contributed by atoms with Crippen LogP contribution in [0, 0.1) is 23.3 Å². The maximum absolute atomic E-state index is 14.0. The molecule has 294 valence electrons. The summed E-state index contributed by atoms with van der Waals surface area (Å²) in [6, 6.07) is 18.2. The number of carbonyl (C=O) groups excluding carboxylic acids is 2. The highest BCUT2D eigenvalue weighted by Gasteiger charge is 2.36. The molecule has 0 bridgehead atoms. The Morgan fingerprint density at radius 1 is 0.607 bits per heavy atom. The lowest BCUT2D eigenvalue weighted by molar-refractivity contribution is -0.126. The lowest BCUT2D eigenvalue weighted by atomic mass is 9.98. The molecule has 0 radical (unpaired) electrons. The van der Waals surface area contributed by atoms with E-state index in [1.54, 1.807) is 58.3 Å². The zero-order valence-corrected chi connectivity index (χ0v) is 30.9. The average Bonchev–Trinajstić information content (AvgIpc) is 3.60. The predicted octanol–water partition coefficient (Wildman–Crippen LogP) is 5.24. The maximum Gasteiger partial charge on any atom is 0.253 e. The third kappa shape index (κ3) is 9.48. The zero-order chi connectivity index (χ0) is 40.1. The van der Waals surface area contributed by atoms with Crippen molar-refractivity contribution in [1.29, 1.82) is 0 Å². The molecule has 0 saturated carbocycles. The summed E-state index contributed by atoms with van der Waals surface area (Å²) in [7, 11) is 1.94. The van der Waals surface area contributed by atoms with E-state index in [0.29, 0.717) is 84.1 Å². The van der Waals surface area contributed by atoms with Crippen molar-refractivity contribution in [3.63, 3.8) is 0 Å². The molecule has 2 aliphatic heterocycles. The van der Waals surface area contributed by atoms with Gasteiger partial charge < -0.3 is 48.3 Å². The molecule has 15 heteroatoms. The summed E-state index contributed by atoms with van der Waals surface area (Å²) in [6.45, 7) is 2.36. The largest absolute Gasteiger partial charge is 0.399 e. The fourth-order valence-corrected chi connectivity index (χ4v) is 7.03. The Labute approximate surface area is 322 Å². The normalized spacial score (nSPS) is 15.7. The molecule has 4 aromatic rings. The van der Waals surface area contributed by atoms with Gasteiger partial charge in [0, 0.05) is 59.4 Å². The van der Waals surface area contributed by atoms with Crippen LogP contribution in [0.15, 0.2) is 107 Å². The number of nitrogens with zero attached hydrogens (tertiary/aromatic N) is 3. The topological polar surface area (TPSA) is 172 Å². The fraction of sp³-hybridized carbons (Fsp3) is 0.268. The van der Waals surface area contributed by atoms with E-state index >= 15 is 0 Å². The zero-order valence-electron chi connectivity index (χ0n) is 30.9. The minimum atomic E-state index is -0.813. The van der Waals surface area contributed by atoms with Gasteiger partial charge in [0.1, 0.15) is 23.3 Å². The molecule has 4 aromatic carbocycles. The third-order valence-corrected chi connectivity index (χ3v) is 9.85. The van der Waals surface area contributed by atoms with Gasteiger partial charge in [-0.3, -0.25) is 9.59 Å². The highest BCUT2D eigenvalue weighted by Crippen LogP contribution is 2.33. The van der Waals surface area contributed by atoms with Crippen LogP contribution < -0.4 is 33.6 Å². The van der Waals surface area contributed by atoms with Gasteiger partial charge in [0.2, 0.25) is 0 Å². The Bertz CT molecular complexity index is 1950. The SMILES string of the molecule is CN(CCCN1CC(Nc2cc(F)cc(F)c2)=C([C@H](N)c2ccc(N)cc2)C1=O)CCCN1CC(Nc2cc(F)cc(F)c2)=C([C@H](N)c2ccc(N)cc2)C1=O. The second kappa shape index (κ2) is 17.3. The Morgan fingerprint density at radius 2 is 0.946 bits per heavy atom. The van der Waals surface area contributed by atoms with E-state index in [9.17, 15) is 27.2 Å². The van der Waals surface area contributed by atoms with Crippen molar-refractivity contribution < 1.29 is 27.2 Å². The van der Waals surface area contributed by atoms with Crippen molar-refractivity contribution in [2.24, 2.45) is 11.5 Å². The second-order valence-corrected chi connectivity index (χ2v) is 14.1. The molecule has 6 rings (SSSR count). The molecule has 0 spiro atoms. The van der Waals surface area contributed by atoms with E-state index in [4.69, 9.17) is 22.9 Å². The molecule has 0 fully saturated rings. The van der Waals surface area contributed by atoms with Crippen LogP contribution in [0.1, 0.15) is 36.1 Å². The standard InChI is InChI=1S/C41H45F4N9O2/c1-52(12-2-14-53-22-34(50-32-18-26(42)16-27(43)19-32)36(40(53)55)38(48)24-4-8-30(46)9-5-24)13-3-15-54-23-35(51-33-20-28(44)17-29(45)21-33)37(41(54)56)39(49)25-6-10-31(47)11-7-25/h4-11,16-21,38-39,50-51H,2-3,12-15,22-23,46-49H2,1H3/t38-,39-/m1/s1. The van der Waals surface area contributed by atoms with Crippen molar-refractivity contribution in [1.82, 2.24) is 14.7 Å². The molecule has 11 nitrogen and oxygen atoms in total. The van der Waals surface area contributed by atoms with Crippen molar-refractivity contribution in [2.75, 3.05) is 68.4 Å². The number of amides is 2. The van der Waals surface area contributed by atoms with Crippen molar-refractivity contribution in [3.05, 3.63) is 142 Å². The molecule has 0 unspecified atom stereocenters. The van der Waals surface area contributed by atoms with Crippen LogP contribution >= 0.6 is 0 Å². The number of carbonyl (C=O) groups is 2. The predicted molar refractivity (Wildman–Crippen MR) is 209 cm³/mol. The van der Waals surface area contributed by atoms with Gasteiger partial charge in [-0.2, -0.15) is 0 Å². The number of hydrogen-bond donors (Lipinski definition) is 6. The van der Waals surface area contributed by atoms with Crippen LogP contribution in [0.5, 0.6) is 0 Å². The summed E-state index contributed by atoms with van der Waals surface area (Å²) in [6.07, 6.45) is 1.22. The monoisotopic (exact) mass is 771 g/mol. The van der Waals surface area contributed by atoms with Crippen LogP contribution in [-0.2, 0) is 9.59 Å². The van der Waals surface area contributed by atoms with Crippen molar-refractivity contribution >= 4 is 34.6 Å². The molecular formula is C41H45F4N9O2. The molecule has 2 amide bonds. The van der Waals surface area contributed by atoms with Gasteiger partial charge in [-0.05, 0) is 92.6 Å². The van der Waals surface area contributed by atoms with Crippen molar-refractivity contribution in [2.45, 2.75) is 24.9 Å². The highest BCUT2D eigenvalue weighted by molar-refractivity contribution is 6.00. The Morgan fingerprint density at radius 3 is 1.29 bits per heavy atom. The van der Waals surface area contributed by atoms with E-state index in [1.807, 2.05) is 7.05 Å². The number of nitrogen functional groups attached to an aromatic ring is 2. The first-order chi connectivity index (χ1) is 26.7. The van der Waals surface area contributed by atoms with Crippen LogP contribution in [0.4, 0.5) is 40.3 Å².